The van der Waals surface area contributed by atoms with Crippen LogP contribution in [-0.2, 0) is 11.3 Å². The van der Waals surface area contributed by atoms with E-state index in [1.165, 1.54) is 12.8 Å². The molecule has 0 bridgehead atoms. The summed E-state index contributed by atoms with van der Waals surface area (Å²) in [4.78, 5) is 0. The van der Waals surface area contributed by atoms with Crippen molar-refractivity contribution in [1.82, 2.24) is 5.32 Å². The first-order valence-corrected chi connectivity index (χ1v) is 8.14. The summed E-state index contributed by atoms with van der Waals surface area (Å²) in [6, 6.07) is 6.10. The summed E-state index contributed by atoms with van der Waals surface area (Å²) in [6.07, 6.45) is 2.62. The van der Waals surface area contributed by atoms with Gasteiger partial charge in [-0.05, 0) is 49.4 Å². The first-order valence-electron chi connectivity index (χ1n) is 7.35. The Morgan fingerprint density at radius 2 is 2.15 bits per heavy atom. The van der Waals surface area contributed by atoms with Crippen molar-refractivity contribution in [3.8, 4) is 5.75 Å². The van der Waals surface area contributed by atoms with Gasteiger partial charge in [-0.15, -0.1) is 0 Å². The maximum absolute atomic E-state index is 5.74. The molecule has 0 saturated heterocycles. The van der Waals surface area contributed by atoms with Crippen LogP contribution >= 0.6 is 15.9 Å². The van der Waals surface area contributed by atoms with E-state index in [2.05, 4.69) is 41.2 Å². The monoisotopic (exact) mass is 341 g/mol. The Labute approximate surface area is 130 Å². The number of rotatable bonds is 9. The summed E-state index contributed by atoms with van der Waals surface area (Å²) < 4.78 is 12.4. The molecule has 0 amide bonds. The fraction of sp³-hybridized carbons (Fsp3) is 0.625. The van der Waals surface area contributed by atoms with Crippen LogP contribution in [0.25, 0.3) is 0 Å². The fourth-order valence-corrected chi connectivity index (χ4v) is 2.34. The van der Waals surface area contributed by atoms with E-state index in [9.17, 15) is 0 Å². The number of hydrogen-bond donors (Lipinski definition) is 1. The lowest BCUT2D eigenvalue weighted by molar-refractivity contribution is 0.00940. The van der Waals surface area contributed by atoms with Crippen molar-refractivity contribution in [2.45, 2.75) is 33.2 Å². The third-order valence-electron chi connectivity index (χ3n) is 3.24. The van der Waals surface area contributed by atoms with Gasteiger partial charge in [-0.25, -0.2) is 0 Å². The average Bonchev–Trinajstić information content (AvgIpc) is 3.20. The van der Waals surface area contributed by atoms with Crippen molar-refractivity contribution in [3.05, 3.63) is 28.2 Å². The minimum atomic E-state index is 0.343. The molecule has 0 heterocycles. The number of benzene rings is 1. The molecule has 112 valence electrons. The quantitative estimate of drug-likeness (QED) is 0.544. The molecule has 1 aliphatic rings. The van der Waals surface area contributed by atoms with E-state index in [4.69, 9.17) is 9.47 Å². The van der Waals surface area contributed by atoms with Gasteiger partial charge in [0.05, 0.1) is 6.61 Å². The van der Waals surface area contributed by atoms with E-state index < -0.39 is 0 Å². The maximum atomic E-state index is 5.74. The molecule has 1 aliphatic carbocycles. The zero-order chi connectivity index (χ0) is 14.4. The molecular formula is C16H24BrNO2. The van der Waals surface area contributed by atoms with Gasteiger partial charge in [0.25, 0.3) is 0 Å². The smallest absolute Gasteiger partial charge is 0.189 e. The van der Waals surface area contributed by atoms with Gasteiger partial charge in [0, 0.05) is 16.6 Å². The topological polar surface area (TPSA) is 30.5 Å². The van der Waals surface area contributed by atoms with Crippen LogP contribution in [0.5, 0.6) is 5.75 Å². The summed E-state index contributed by atoms with van der Waals surface area (Å²) in [5.74, 6) is 2.32. The van der Waals surface area contributed by atoms with Crippen LogP contribution in [-0.4, -0.2) is 19.9 Å². The van der Waals surface area contributed by atoms with Crippen LogP contribution in [0.4, 0.5) is 0 Å². The van der Waals surface area contributed by atoms with Gasteiger partial charge in [0.2, 0.25) is 0 Å². The molecular weight excluding hydrogens is 318 g/mol. The zero-order valence-electron chi connectivity index (χ0n) is 12.3. The first kappa shape index (κ1) is 15.8. The summed E-state index contributed by atoms with van der Waals surface area (Å²) in [5.41, 5.74) is 1.16. The highest BCUT2D eigenvalue weighted by atomic mass is 79.9. The normalized spacial score (nSPS) is 14.8. The summed E-state index contributed by atoms with van der Waals surface area (Å²) in [7, 11) is 0. The van der Waals surface area contributed by atoms with E-state index in [0.717, 1.165) is 41.4 Å². The van der Waals surface area contributed by atoms with Gasteiger partial charge >= 0.3 is 0 Å². The minimum absolute atomic E-state index is 0.343. The molecule has 20 heavy (non-hydrogen) atoms. The summed E-state index contributed by atoms with van der Waals surface area (Å²) >= 11 is 3.51. The number of nitrogens with one attached hydrogen (secondary N) is 1. The fourth-order valence-electron chi connectivity index (χ4n) is 1.93. The summed E-state index contributed by atoms with van der Waals surface area (Å²) in [6.45, 7) is 7.40. The highest BCUT2D eigenvalue weighted by Crippen LogP contribution is 2.29. The summed E-state index contributed by atoms with van der Waals surface area (Å²) in [5, 5.41) is 3.45. The number of hydrogen-bond acceptors (Lipinski definition) is 3. The molecule has 1 N–H and O–H groups in total. The molecule has 0 aliphatic heterocycles. The Morgan fingerprint density at radius 1 is 1.35 bits per heavy atom. The Balaban J connectivity index is 1.81. The van der Waals surface area contributed by atoms with Crippen molar-refractivity contribution >= 4 is 15.9 Å². The molecule has 2 rings (SSSR count). The second-order valence-corrected chi connectivity index (χ2v) is 6.77. The highest BCUT2D eigenvalue weighted by Gasteiger charge is 2.21. The Kier molecular flexibility index (Phi) is 6.33. The van der Waals surface area contributed by atoms with Crippen LogP contribution in [0.2, 0.25) is 0 Å². The molecule has 4 heteroatoms. The van der Waals surface area contributed by atoms with Crippen LogP contribution < -0.4 is 10.1 Å². The van der Waals surface area contributed by atoms with Gasteiger partial charge < -0.3 is 14.8 Å². The molecule has 0 atom stereocenters. The van der Waals surface area contributed by atoms with Crippen LogP contribution in [0, 0.1) is 11.8 Å². The Morgan fingerprint density at radius 3 is 2.85 bits per heavy atom. The van der Waals surface area contributed by atoms with Gasteiger partial charge in [-0.1, -0.05) is 29.8 Å². The lowest BCUT2D eigenvalue weighted by Gasteiger charge is -2.14. The average molecular weight is 342 g/mol. The Hall–Kier alpha value is -0.580. The molecule has 0 spiro atoms. The lowest BCUT2D eigenvalue weighted by atomic mass is 10.2. The van der Waals surface area contributed by atoms with Crippen LogP contribution in [0.15, 0.2) is 22.7 Å². The van der Waals surface area contributed by atoms with E-state index in [0.29, 0.717) is 12.7 Å². The molecule has 0 aromatic heterocycles. The van der Waals surface area contributed by atoms with Crippen molar-refractivity contribution < 1.29 is 9.47 Å². The van der Waals surface area contributed by atoms with E-state index in [-0.39, 0.29) is 0 Å². The second kappa shape index (κ2) is 8.01. The molecule has 0 unspecified atom stereocenters. The molecule has 1 fully saturated rings. The van der Waals surface area contributed by atoms with E-state index >= 15 is 0 Å². The maximum Gasteiger partial charge on any atom is 0.189 e. The molecule has 0 radical (unpaired) electrons. The van der Waals surface area contributed by atoms with Crippen LogP contribution in [0.1, 0.15) is 32.3 Å². The van der Waals surface area contributed by atoms with Crippen molar-refractivity contribution in [2.24, 2.45) is 11.8 Å². The van der Waals surface area contributed by atoms with Crippen LogP contribution in [0.3, 0.4) is 0 Å². The molecule has 1 aromatic rings. The number of halogens is 1. The van der Waals surface area contributed by atoms with Gasteiger partial charge in [0.1, 0.15) is 5.75 Å². The first-order chi connectivity index (χ1) is 9.65. The van der Waals surface area contributed by atoms with Crippen molar-refractivity contribution in [3.63, 3.8) is 0 Å². The SMILES string of the molecule is CC(C)CNCc1cc(Br)ccc1OCOCC1CC1. The van der Waals surface area contributed by atoms with Crippen molar-refractivity contribution in [1.29, 1.82) is 0 Å². The second-order valence-electron chi connectivity index (χ2n) is 5.85. The van der Waals surface area contributed by atoms with E-state index in [1.807, 2.05) is 12.1 Å². The minimum Gasteiger partial charge on any atom is -0.467 e. The molecule has 1 aromatic carbocycles. The lowest BCUT2D eigenvalue weighted by Crippen LogP contribution is -2.19. The largest absolute Gasteiger partial charge is 0.467 e. The third-order valence-corrected chi connectivity index (χ3v) is 3.73. The van der Waals surface area contributed by atoms with E-state index in [1.54, 1.807) is 0 Å². The molecule has 1 saturated carbocycles. The third kappa shape index (κ3) is 5.81. The Bertz CT molecular complexity index is 419. The predicted molar refractivity (Wildman–Crippen MR) is 84.9 cm³/mol. The number of ether oxygens (including phenoxy) is 2. The van der Waals surface area contributed by atoms with Crippen molar-refractivity contribution in [2.75, 3.05) is 19.9 Å². The zero-order valence-corrected chi connectivity index (χ0v) is 13.9. The molecule has 3 nitrogen and oxygen atoms in total. The standard InChI is InChI=1S/C16H24BrNO2/c1-12(2)8-18-9-14-7-15(17)5-6-16(14)20-11-19-10-13-3-4-13/h5-7,12-13,18H,3-4,8-11H2,1-2H3. The predicted octanol–water partition coefficient (Wildman–Crippen LogP) is 3.96. The van der Waals surface area contributed by atoms with Gasteiger partial charge in [0.15, 0.2) is 6.79 Å². The highest BCUT2D eigenvalue weighted by molar-refractivity contribution is 9.10. The van der Waals surface area contributed by atoms with Gasteiger partial charge in [-0.2, -0.15) is 0 Å². The van der Waals surface area contributed by atoms with Gasteiger partial charge in [-0.3, -0.25) is 0 Å².